The molecule has 0 radical (unpaired) electrons. The van der Waals surface area contributed by atoms with E-state index in [1.807, 2.05) is 24.3 Å². The number of carbonyl (C=O) groups excluding carboxylic acids is 2. The highest BCUT2D eigenvalue weighted by atomic mass is 35.5. The summed E-state index contributed by atoms with van der Waals surface area (Å²) in [6.07, 6.45) is 1.71. The Morgan fingerprint density at radius 2 is 1.60 bits per heavy atom. The second kappa shape index (κ2) is 12.6. The maximum absolute atomic E-state index is 13.8. The van der Waals surface area contributed by atoms with Crippen LogP contribution >= 0.6 is 11.6 Å². The number of hydrazine groups is 1. The Balaban J connectivity index is 1.21. The SMILES string of the molecule is O=C(NC1CCN(Cc2ccccc2)CC1)c1ccc2c(c1)N(NCc1cccc(Cl)c1)C(=O)c1ccccc1S2=O. The molecule has 9 heteroatoms. The van der Waals surface area contributed by atoms with Crippen molar-refractivity contribution in [3.05, 3.63) is 124 Å². The molecule has 0 spiro atoms. The first-order valence-electron chi connectivity index (χ1n) is 14.0. The molecule has 2 heterocycles. The van der Waals surface area contributed by atoms with Gasteiger partial charge in [0, 0.05) is 42.8 Å². The van der Waals surface area contributed by atoms with E-state index in [-0.39, 0.29) is 17.9 Å². The third-order valence-corrected chi connectivity index (χ3v) is 9.42. The van der Waals surface area contributed by atoms with Crippen molar-refractivity contribution in [3.8, 4) is 0 Å². The van der Waals surface area contributed by atoms with E-state index in [1.165, 1.54) is 10.6 Å². The van der Waals surface area contributed by atoms with Crippen molar-refractivity contribution in [2.24, 2.45) is 0 Å². The van der Waals surface area contributed by atoms with E-state index in [9.17, 15) is 13.8 Å². The average Bonchev–Trinajstić information content (AvgIpc) is 3.10. The molecule has 0 aliphatic carbocycles. The third kappa shape index (κ3) is 6.17. The summed E-state index contributed by atoms with van der Waals surface area (Å²) in [5.41, 5.74) is 6.51. The maximum atomic E-state index is 13.8. The van der Waals surface area contributed by atoms with Gasteiger partial charge in [-0.3, -0.25) is 14.5 Å². The van der Waals surface area contributed by atoms with Gasteiger partial charge in [0.15, 0.2) is 0 Å². The zero-order valence-electron chi connectivity index (χ0n) is 23.0. The number of benzene rings is 4. The van der Waals surface area contributed by atoms with E-state index in [0.29, 0.717) is 38.2 Å². The lowest BCUT2D eigenvalue weighted by atomic mass is 10.0. The van der Waals surface area contributed by atoms with Crippen molar-refractivity contribution in [2.45, 2.75) is 41.8 Å². The molecule has 1 unspecified atom stereocenters. The molecular weight excluding hydrogens is 568 g/mol. The summed E-state index contributed by atoms with van der Waals surface area (Å²) in [7, 11) is -1.61. The number of rotatable bonds is 7. The second-order valence-electron chi connectivity index (χ2n) is 10.6. The fourth-order valence-electron chi connectivity index (χ4n) is 5.46. The van der Waals surface area contributed by atoms with Gasteiger partial charge in [-0.2, -0.15) is 0 Å². The predicted molar refractivity (Wildman–Crippen MR) is 165 cm³/mol. The molecule has 6 rings (SSSR count). The van der Waals surface area contributed by atoms with Gasteiger partial charge < -0.3 is 5.32 Å². The van der Waals surface area contributed by atoms with E-state index in [1.54, 1.807) is 48.5 Å². The van der Waals surface area contributed by atoms with Crippen molar-refractivity contribution >= 4 is 39.9 Å². The van der Waals surface area contributed by atoms with E-state index in [4.69, 9.17) is 11.6 Å². The molecule has 2 amide bonds. The predicted octanol–water partition coefficient (Wildman–Crippen LogP) is 5.57. The Morgan fingerprint density at radius 3 is 2.38 bits per heavy atom. The minimum atomic E-state index is -1.61. The molecule has 2 N–H and O–H groups in total. The van der Waals surface area contributed by atoms with Gasteiger partial charge in [-0.05, 0) is 66.4 Å². The number of carbonyl (C=O) groups is 2. The van der Waals surface area contributed by atoms with E-state index >= 15 is 0 Å². The first-order chi connectivity index (χ1) is 20.5. The number of anilines is 1. The molecule has 0 saturated carbocycles. The number of nitrogens with one attached hydrogen (secondary N) is 2. The van der Waals surface area contributed by atoms with Crippen LogP contribution in [-0.4, -0.2) is 40.1 Å². The monoisotopic (exact) mass is 598 g/mol. The van der Waals surface area contributed by atoms with Crippen LogP contribution in [-0.2, 0) is 23.9 Å². The van der Waals surface area contributed by atoms with Crippen LogP contribution in [0.25, 0.3) is 0 Å². The fraction of sp³-hybridized carbons (Fsp3) is 0.212. The topological polar surface area (TPSA) is 81.8 Å². The standard InChI is InChI=1S/C33H31ClN4O3S/c34-26-10-6-9-24(19-26)21-35-38-29-20-25(13-14-31(29)42(41)30-12-5-4-11-28(30)33(38)40)32(39)36-27-15-17-37(18-16-27)22-23-7-2-1-3-8-23/h1-14,19-20,27,35H,15-18,21-22H2,(H,36,39). The lowest BCUT2D eigenvalue weighted by Gasteiger charge is -2.32. The minimum Gasteiger partial charge on any atom is -0.349 e. The Kier molecular flexibility index (Phi) is 8.48. The summed E-state index contributed by atoms with van der Waals surface area (Å²) in [5, 5.41) is 5.17. The van der Waals surface area contributed by atoms with Crippen molar-refractivity contribution in [2.75, 3.05) is 18.1 Å². The normalized spacial score (nSPS) is 17.3. The van der Waals surface area contributed by atoms with Gasteiger partial charge in [0.25, 0.3) is 11.8 Å². The number of hydrogen-bond acceptors (Lipinski definition) is 5. The molecule has 0 aromatic heterocycles. The van der Waals surface area contributed by atoms with Gasteiger partial charge >= 0.3 is 0 Å². The van der Waals surface area contributed by atoms with Crippen molar-refractivity contribution < 1.29 is 13.8 Å². The number of likely N-dealkylation sites (tertiary alicyclic amines) is 1. The third-order valence-electron chi connectivity index (χ3n) is 7.68. The molecule has 7 nitrogen and oxygen atoms in total. The van der Waals surface area contributed by atoms with Crippen LogP contribution in [0.1, 0.15) is 44.7 Å². The Morgan fingerprint density at radius 1 is 0.857 bits per heavy atom. The molecule has 0 bridgehead atoms. The molecule has 4 aromatic rings. The summed E-state index contributed by atoms with van der Waals surface area (Å²) in [6.45, 7) is 3.00. The lowest BCUT2D eigenvalue weighted by Crippen LogP contribution is -2.44. The van der Waals surface area contributed by atoms with E-state index < -0.39 is 10.8 Å². The number of piperidine rings is 1. The number of amides is 2. The highest BCUT2D eigenvalue weighted by molar-refractivity contribution is 7.85. The zero-order valence-corrected chi connectivity index (χ0v) is 24.5. The molecule has 2 aliphatic rings. The van der Waals surface area contributed by atoms with Crippen LogP contribution in [0.15, 0.2) is 107 Å². The van der Waals surface area contributed by atoms with Crippen molar-refractivity contribution in [1.82, 2.24) is 15.6 Å². The molecule has 1 saturated heterocycles. The molecule has 214 valence electrons. The average molecular weight is 599 g/mol. The van der Waals surface area contributed by atoms with Gasteiger partial charge in [0.05, 0.1) is 31.8 Å². The summed E-state index contributed by atoms with van der Waals surface area (Å²) >= 11 is 6.17. The fourth-order valence-corrected chi connectivity index (χ4v) is 7.00. The van der Waals surface area contributed by atoms with Gasteiger partial charge in [0.1, 0.15) is 0 Å². The lowest BCUT2D eigenvalue weighted by molar-refractivity contribution is 0.0907. The first-order valence-corrected chi connectivity index (χ1v) is 15.5. The molecule has 1 fully saturated rings. The maximum Gasteiger partial charge on any atom is 0.273 e. The molecular formula is C33H31ClN4O3S. The largest absolute Gasteiger partial charge is 0.349 e. The highest BCUT2D eigenvalue weighted by Crippen LogP contribution is 2.34. The summed E-state index contributed by atoms with van der Waals surface area (Å²) in [6, 6.07) is 29.7. The Bertz CT molecular complexity index is 1640. The molecule has 1 atom stereocenters. The van der Waals surface area contributed by atoms with Crippen molar-refractivity contribution in [3.63, 3.8) is 0 Å². The minimum absolute atomic E-state index is 0.0559. The Hall–Kier alpha value is -3.82. The summed E-state index contributed by atoms with van der Waals surface area (Å²) in [5.74, 6) is -0.558. The highest BCUT2D eigenvalue weighted by Gasteiger charge is 2.32. The van der Waals surface area contributed by atoms with Crippen LogP contribution in [0.2, 0.25) is 5.02 Å². The van der Waals surface area contributed by atoms with E-state index in [0.717, 1.165) is 38.0 Å². The van der Waals surface area contributed by atoms with Crippen LogP contribution < -0.4 is 15.8 Å². The van der Waals surface area contributed by atoms with Gasteiger partial charge in [0.2, 0.25) is 0 Å². The van der Waals surface area contributed by atoms with Crippen LogP contribution in [0, 0.1) is 0 Å². The number of hydrogen-bond donors (Lipinski definition) is 2. The van der Waals surface area contributed by atoms with Gasteiger partial charge in [-0.25, -0.2) is 14.6 Å². The summed E-state index contributed by atoms with van der Waals surface area (Å²) in [4.78, 5) is 30.5. The first kappa shape index (κ1) is 28.3. The summed E-state index contributed by atoms with van der Waals surface area (Å²) < 4.78 is 13.7. The number of halogens is 1. The van der Waals surface area contributed by atoms with Gasteiger partial charge in [-0.1, -0.05) is 66.2 Å². The number of nitrogens with zero attached hydrogens (tertiary/aromatic N) is 2. The second-order valence-corrected chi connectivity index (χ2v) is 12.4. The molecule has 2 aliphatic heterocycles. The Labute approximate surface area is 252 Å². The van der Waals surface area contributed by atoms with Crippen LogP contribution in [0.5, 0.6) is 0 Å². The van der Waals surface area contributed by atoms with Gasteiger partial charge in [-0.15, -0.1) is 0 Å². The smallest absolute Gasteiger partial charge is 0.273 e. The quantitative estimate of drug-likeness (QED) is 0.291. The number of fused-ring (bicyclic) bond motifs is 2. The van der Waals surface area contributed by atoms with Crippen LogP contribution in [0.3, 0.4) is 0 Å². The molecule has 4 aromatic carbocycles. The molecule has 42 heavy (non-hydrogen) atoms. The van der Waals surface area contributed by atoms with Crippen molar-refractivity contribution in [1.29, 1.82) is 0 Å². The zero-order chi connectivity index (χ0) is 29.1. The van der Waals surface area contributed by atoms with E-state index in [2.05, 4.69) is 39.9 Å². The van der Waals surface area contributed by atoms with Crippen LogP contribution in [0.4, 0.5) is 5.69 Å².